The summed E-state index contributed by atoms with van der Waals surface area (Å²) in [6, 6.07) is -0.759. The Morgan fingerprint density at radius 3 is 2.53 bits per heavy atom. The van der Waals surface area contributed by atoms with Gasteiger partial charge in [-0.15, -0.1) is 0 Å². The van der Waals surface area contributed by atoms with Crippen molar-refractivity contribution in [2.45, 2.75) is 52.0 Å². The number of sulfonamides is 1. The SMILES string of the molecule is CN(CC(=O)NC(C=O)CCCN=C(N)N)C(=O)CNS(=O)(=O)CC12CCC(CC1=O)C2(C)C. The van der Waals surface area contributed by atoms with Crippen LogP contribution < -0.4 is 21.5 Å². The summed E-state index contributed by atoms with van der Waals surface area (Å²) in [6.45, 7) is 3.31. The third-order valence-electron chi connectivity index (χ3n) is 7.30. The monoisotopic (exact) mass is 500 g/mol. The minimum Gasteiger partial charge on any atom is -0.370 e. The van der Waals surface area contributed by atoms with Crippen LogP contribution in [0.4, 0.5) is 0 Å². The van der Waals surface area contributed by atoms with Gasteiger partial charge in [0.1, 0.15) is 12.1 Å². The number of nitrogens with two attached hydrogens (primary N) is 2. The maximum atomic E-state index is 12.7. The van der Waals surface area contributed by atoms with E-state index in [1.54, 1.807) is 0 Å². The zero-order valence-corrected chi connectivity index (χ0v) is 20.8. The predicted octanol–water partition coefficient (Wildman–Crippen LogP) is -1.50. The Balaban J connectivity index is 1.82. The van der Waals surface area contributed by atoms with Crippen molar-refractivity contribution >= 4 is 39.9 Å². The third kappa shape index (κ3) is 6.32. The Morgan fingerprint density at radius 2 is 2.00 bits per heavy atom. The normalized spacial score (nSPS) is 23.9. The zero-order valence-electron chi connectivity index (χ0n) is 20.0. The fraction of sp³-hybridized carbons (Fsp3) is 0.762. The summed E-state index contributed by atoms with van der Waals surface area (Å²) >= 11 is 0. The fourth-order valence-corrected chi connectivity index (χ4v) is 6.81. The zero-order chi connectivity index (χ0) is 25.7. The molecule has 0 aliphatic heterocycles. The molecule has 2 bridgehead atoms. The van der Waals surface area contributed by atoms with Gasteiger partial charge in [0.2, 0.25) is 21.8 Å². The molecule has 2 aliphatic carbocycles. The number of guanidine groups is 1. The smallest absolute Gasteiger partial charge is 0.240 e. The van der Waals surface area contributed by atoms with E-state index in [1.165, 1.54) is 7.05 Å². The van der Waals surface area contributed by atoms with Gasteiger partial charge in [0.05, 0.1) is 24.9 Å². The molecule has 192 valence electrons. The number of fused-ring (bicyclic) bond motifs is 2. The van der Waals surface area contributed by atoms with Gasteiger partial charge >= 0.3 is 0 Å². The molecule has 3 unspecified atom stereocenters. The van der Waals surface area contributed by atoms with Crippen molar-refractivity contribution in [1.82, 2.24) is 14.9 Å². The molecule has 6 N–H and O–H groups in total. The lowest BCUT2D eigenvalue weighted by molar-refractivity contribution is -0.134. The fourth-order valence-electron chi connectivity index (χ4n) is 5.04. The summed E-state index contributed by atoms with van der Waals surface area (Å²) in [5.74, 6) is -1.43. The number of carbonyl (C=O) groups excluding carboxylic acids is 4. The van der Waals surface area contributed by atoms with E-state index < -0.39 is 45.3 Å². The lowest BCUT2D eigenvalue weighted by atomic mass is 9.70. The number of likely N-dealkylation sites (N-methyl/N-ethyl adjacent to an activating group) is 1. The molecular weight excluding hydrogens is 464 g/mol. The maximum Gasteiger partial charge on any atom is 0.240 e. The Bertz CT molecular complexity index is 945. The molecule has 3 atom stereocenters. The standard InChI is InChI=1S/C21H36N6O6S/c1-20(2)14-6-7-21(20,16(29)9-14)13-34(32,33)25-10-18(31)27(3)11-17(30)26-15(12-28)5-4-8-24-19(22)23/h12,14-15,25H,4-11,13H2,1-3H3,(H,26,30)(H4,22,23,24). The number of nitrogens with zero attached hydrogens (tertiary/aromatic N) is 2. The van der Waals surface area contributed by atoms with Crippen LogP contribution in [0.1, 0.15) is 46.0 Å². The summed E-state index contributed by atoms with van der Waals surface area (Å²) in [6.07, 6.45) is 3.13. The van der Waals surface area contributed by atoms with Crippen LogP contribution in [0.15, 0.2) is 4.99 Å². The minimum absolute atomic E-state index is 0.0257. The number of aldehydes is 1. The summed E-state index contributed by atoms with van der Waals surface area (Å²) in [7, 11) is -2.55. The van der Waals surface area contributed by atoms with Crippen molar-refractivity contribution in [3.8, 4) is 0 Å². The molecule has 34 heavy (non-hydrogen) atoms. The van der Waals surface area contributed by atoms with E-state index in [-0.39, 0.29) is 30.0 Å². The predicted molar refractivity (Wildman–Crippen MR) is 126 cm³/mol. The van der Waals surface area contributed by atoms with Crippen molar-refractivity contribution in [3.63, 3.8) is 0 Å². The van der Waals surface area contributed by atoms with Crippen LogP contribution in [0, 0.1) is 16.7 Å². The van der Waals surface area contributed by atoms with Gasteiger partial charge in [0.15, 0.2) is 5.96 Å². The maximum absolute atomic E-state index is 12.7. The van der Waals surface area contributed by atoms with Crippen LogP contribution in [-0.2, 0) is 29.2 Å². The highest BCUT2D eigenvalue weighted by atomic mass is 32.2. The topological polar surface area (TPSA) is 194 Å². The summed E-state index contributed by atoms with van der Waals surface area (Å²) in [4.78, 5) is 53.2. The summed E-state index contributed by atoms with van der Waals surface area (Å²) < 4.78 is 27.7. The highest BCUT2D eigenvalue weighted by molar-refractivity contribution is 7.89. The van der Waals surface area contributed by atoms with E-state index in [9.17, 15) is 27.6 Å². The number of amides is 2. The molecule has 2 amide bonds. The molecule has 2 aliphatic rings. The van der Waals surface area contributed by atoms with Crippen LogP contribution in [0.2, 0.25) is 0 Å². The van der Waals surface area contributed by atoms with Crippen LogP contribution in [0.5, 0.6) is 0 Å². The first-order chi connectivity index (χ1) is 15.7. The van der Waals surface area contributed by atoms with Gasteiger partial charge in [-0.05, 0) is 37.0 Å². The second-order valence-corrected chi connectivity index (χ2v) is 11.6. The number of hydrogen-bond acceptors (Lipinski definition) is 7. The number of aliphatic imine (C=N–C) groups is 1. The van der Waals surface area contributed by atoms with Crippen molar-refractivity contribution in [3.05, 3.63) is 0 Å². The largest absolute Gasteiger partial charge is 0.370 e. The lowest BCUT2D eigenvalue weighted by Gasteiger charge is -2.36. The average Bonchev–Trinajstić information content (AvgIpc) is 3.07. The van der Waals surface area contributed by atoms with Crippen LogP contribution in [0.3, 0.4) is 0 Å². The molecule has 13 heteroatoms. The number of ketones is 1. The minimum atomic E-state index is -3.91. The second-order valence-electron chi connectivity index (χ2n) is 9.76. The van der Waals surface area contributed by atoms with Gasteiger partial charge in [-0.25, -0.2) is 13.1 Å². The molecular formula is C21H36N6O6S. The van der Waals surface area contributed by atoms with Crippen molar-refractivity contribution in [2.75, 3.05) is 32.4 Å². The Labute approximate surface area is 200 Å². The first-order valence-electron chi connectivity index (χ1n) is 11.3. The first-order valence-corrected chi connectivity index (χ1v) is 12.9. The molecule has 2 fully saturated rings. The van der Waals surface area contributed by atoms with E-state index in [1.807, 2.05) is 13.8 Å². The number of carbonyl (C=O) groups is 4. The van der Waals surface area contributed by atoms with Crippen LogP contribution >= 0.6 is 0 Å². The number of nitrogens with one attached hydrogen (secondary N) is 2. The van der Waals surface area contributed by atoms with Crippen LogP contribution in [0.25, 0.3) is 0 Å². The molecule has 0 aromatic heterocycles. The van der Waals surface area contributed by atoms with Gasteiger partial charge < -0.3 is 26.5 Å². The molecule has 0 aromatic carbocycles. The van der Waals surface area contributed by atoms with Gasteiger partial charge in [-0.1, -0.05) is 13.8 Å². The van der Waals surface area contributed by atoms with E-state index in [0.29, 0.717) is 38.5 Å². The van der Waals surface area contributed by atoms with E-state index in [2.05, 4.69) is 15.0 Å². The van der Waals surface area contributed by atoms with E-state index >= 15 is 0 Å². The van der Waals surface area contributed by atoms with Crippen molar-refractivity contribution < 1.29 is 27.6 Å². The van der Waals surface area contributed by atoms with E-state index in [0.717, 1.165) is 11.3 Å². The Kier molecular flexibility index (Phi) is 8.81. The first kappa shape index (κ1) is 27.7. The van der Waals surface area contributed by atoms with Gasteiger partial charge in [0.25, 0.3) is 0 Å². The molecule has 2 saturated carbocycles. The van der Waals surface area contributed by atoms with Crippen molar-refractivity contribution in [1.29, 1.82) is 0 Å². The Morgan fingerprint density at radius 1 is 1.32 bits per heavy atom. The van der Waals surface area contributed by atoms with Crippen LogP contribution in [-0.4, -0.2) is 81.6 Å². The van der Waals surface area contributed by atoms with Gasteiger partial charge in [-0.3, -0.25) is 19.4 Å². The molecule has 0 heterocycles. The highest BCUT2D eigenvalue weighted by Gasteiger charge is 2.65. The van der Waals surface area contributed by atoms with Crippen molar-refractivity contribution in [2.24, 2.45) is 33.2 Å². The third-order valence-corrected chi connectivity index (χ3v) is 8.76. The Hall–Kier alpha value is -2.54. The summed E-state index contributed by atoms with van der Waals surface area (Å²) in [5, 5.41) is 2.50. The molecule has 0 saturated heterocycles. The molecule has 12 nitrogen and oxygen atoms in total. The summed E-state index contributed by atoms with van der Waals surface area (Å²) in [5.41, 5.74) is 9.11. The number of rotatable bonds is 13. The highest BCUT2D eigenvalue weighted by Crippen LogP contribution is 2.64. The molecule has 0 aromatic rings. The number of hydrogen-bond donors (Lipinski definition) is 4. The average molecular weight is 501 g/mol. The second kappa shape index (κ2) is 10.8. The quantitative estimate of drug-likeness (QED) is 0.101. The number of Topliss-reactive ketones (excluding diaryl/α,β-unsaturated/α-hetero) is 1. The molecule has 0 radical (unpaired) electrons. The van der Waals surface area contributed by atoms with Gasteiger partial charge in [0, 0.05) is 25.4 Å². The molecule has 0 spiro atoms. The van der Waals surface area contributed by atoms with E-state index in [4.69, 9.17) is 11.5 Å². The van der Waals surface area contributed by atoms with Gasteiger partial charge in [-0.2, -0.15) is 0 Å². The molecule has 2 rings (SSSR count). The lowest BCUT2D eigenvalue weighted by Crippen LogP contribution is -2.48.